The van der Waals surface area contributed by atoms with Crippen molar-refractivity contribution in [3.63, 3.8) is 0 Å². The van der Waals surface area contributed by atoms with E-state index in [9.17, 15) is 18.8 Å². The van der Waals surface area contributed by atoms with Gasteiger partial charge in [0.1, 0.15) is 11.6 Å². The van der Waals surface area contributed by atoms with Gasteiger partial charge in [-0.25, -0.2) is 14.4 Å². The van der Waals surface area contributed by atoms with E-state index in [4.69, 9.17) is 11.5 Å². The van der Waals surface area contributed by atoms with Gasteiger partial charge in [-0.2, -0.15) is 0 Å². The van der Waals surface area contributed by atoms with Gasteiger partial charge in [-0.1, -0.05) is 12.1 Å². The Bertz CT molecular complexity index is 1520. The topological polar surface area (TPSA) is 151 Å². The van der Waals surface area contributed by atoms with Crippen molar-refractivity contribution >= 4 is 35.0 Å². The van der Waals surface area contributed by atoms with Crippen LogP contribution in [0, 0.1) is 5.82 Å². The fourth-order valence-electron chi connectivity index (χ4n) is 5.38. The van der Waals surface area contributed by atoms with Gasteiger partial charge in [0.15, 0.2) is 11.5 Å². The van der Waals surface area contributed by atoms with Crippen LogP contribution in [0.4, 0.5) is 21.7 Å². The van der Waals surface area contributed by atoms with Crippen molar-refractivity contribution in [2.45, 2.75) is 38.0 Å². The van der Waals surface area contributed by atoms with Crippen LogP contribution in [0.5, 0.6) is 0 Å². The molecule has 1 aliphatic carbocycles. The number of primary amides is 2. The summed E-state index contributed by atoms with van der Waals surface area (Å²) < 4.78 is 13.2. The molecule has 1 aromatic heterocycles. The Morgan fingerprint density at radius 1 is 0.909 bits per heavy atom. The highest BCUT2D eigenvalue weighted by Gasteiger charge is 2.25. The van der Waals surface area contributed by atoms with Gasteiger partial charge in [0.2, 0.25) is 0 Å². The second-order valence-electron chi connectivity index (χ2n) is 11.5. The molecule has 44 heavy (non-hydrogen) atoms. The van der Waals surface area contributed by atoms with Crippen molar-refractivity contribution in [1.82, 2.24) is 19.8 Å². The molecule has 3 aliphatic rings. The van der Waals surface area contributed by atoms with Crippen LogP contribution in [-0.4, -0.2) is 83.8 Å². The number of hydrogen-bond acceptors (Lipinski definition) is 8. The molecule has 0 radical (unpaired) electrons. The molecule has 1 saturated carbocycles. The Morgan fingerprint density at radius 3 is 2.27 bits per heavy atom. The van der Waals surface area contributed by atoms with E-state index in [0.717, 1.165) is 63.2 Å². The maximum absolute atomic E-state index is 13.2. The molecule has 5 N–H and O–H groups in total. The molecule has 6 rings (SSSR count). The molecule has 3 aromatic rings. The van der Waals surface area contributed by atoms with Crippen LogP contribution in [0.1, 0.15) is 74.8 Å². The monoisotopic (exact) mass is 602 g/mol. The summed E-state index contributed by atoms with van der Waals surface area (Å²) >= 11 is 0. The highest BCUT2D eigenvalue weighted by molar-refractivity contribution is 5.97. The quantitative estimate of drug-likeness (QED) is 0.372. The molecule has 3 amide bonds. The second-order valence-corrected chi connectivity index (χ2v) is 11.5. The first kappa shape index (κ1) is 30.9. The number of aromatic nitrogens is 2. The Morgan fingerprint density at radius 2 is 1.64 bits per heavy atom. The van der Waals surface area contributed by atoms with Crippen molar-refractivity contribution < 1.29 is 18.8 Å². The Labute approximate surface area is 256 Å². The third kappa shape index (κ3) is 7.67. The van der Waals surface area contributed by atoms with Gasteiger partial charge < -0.3 is 31.5 Å². The third-order valence-electron chi connectivity index (χ3n) is 8.14. The van der Waals surface area contributed by atoms with Gasteiger partial charge in [0, 0.05) is 50.5 Å². The first-order valence-electron chi connectivity index (χ1n) is 15.1. The number of halogens is 1. The lowest BCUT2D eigenvalue weighted by atomic mass is 10.1. The molecule has 0 bridgehead atoms. The lowest BCUT2D eigenvalue weighted by Gasteiger charge is -2.32. The highest BCUT2D eigenvalue weighted by atomic mass is 19.1. The number of nitrogens with two attached hydrogens (primary N) is 2. The number of piperidine rings is 1. The minimum Gasteiger partial charge on any atom is -0.366 e. The summed E-state index contributed by atoms with van der Waals surface area (Å²) in [6.45, 7) is 4.98. The van der Waals surface area contributed by atoms with Gasteiger partial charge in [-0.3, -0.25) is 14.4 Å². The molecular formula is C32H39FN8O3. The molecule has 12 heteroatoms. The van der Waals surface area contributed by atoms with Crippen LogP contribution in [-0.2, 0) is 0 Å². The Kier molecular flexibility index (Phi) is 9.69. The lowest BCUT2D eigenvalue weighted by Crippen LogP contribution is -2.47. The zero-order valence-electron chi connectivity index (χ0n) is 25.0. The maximum Gasteiger partial charge on any atom is 0.271 e. The summed E-state index contributed by atoms with van der Waals surface area (Å²) in [6.07, 6.45) is 7.27. The van der Waals surface area contributed by atoms with E-state index >= 15 is 0 Å². The Hall–Kier alpha value is -4.58. The van der Waals surface area contributed by atoms with Crippen LogP contribution >= 0.6 is 0 Å². The Balaban J connectivity index is 0.000000245. The minimum absolute atomic E-state index is 0.0000244. The summed E-state index contributed by atoms with van der Waals surface area (Å²) in [5, 5.41) is 3.16. The molecule has 11 nitrogen and oxygen atoms in total. The molecule has 2 aliphatic heterocycles. The van der Waals surface area contributed by atoms with E-state index < -0.39 is 17.6 Å². The summed E-state index contributed by atoms with van der Waals surface area (Å²) in [5.74, 6) is -0.338. The number of rotatable bonds is 7. The standard InChI is InChI=1S/C22H29N7O2.C10H10FNO/c1-27-10-12-29(13-11-27)22(31)16-6-5-7-17(14-16)25-21-19(20(23)30)24-15-18(26-21)28-8-3-2-4-9-28;11-9-5-7(6-1-2-6)3-4-8(9)10(12)13/h5-7,14-15H,2-4,8-13H2,1H3,(H2,23,30)(H,25,26);3-6H,1-2H2,(H2,12,13). The predicted molar refractivity (Wildman–Crippen MR) is 167 cm³/mol. The van der Waals surface area contributed by atoms with Gasteiger partial charge in [-0.05, 0) is 81.0 Å². The van der Waals surface area contributed by atoms with E-state index in [1.807, 2.05) is 17.0 Å². The molecule has 2 saturated heterocycles. The van der Waals surface area contributed by atoms with Crippen LogP contribution < -0.4 is 21.7 Å². The summed E-state index contributed by atoms with van der Waals surface area (Å²) in [5.41, 5.74) is 12.8. The van der Waals surface area contributed by atoms with E-state index in [2.05, 4.69) is 32.1 Å². The van der Waals surface area contributed by atoms with Gasteiger partial charge in [0.05, 0.1) is 11.8 Å². The number of anilines is 3. The summed E-state index contributed by atoms with van der Waals surface area (Å²) in [4.78, 5) is 50.7. The van der Waals surface area contributed by atoms with Gasteiger partial charge >= 0.3 is 0 Å². The van der Waals surface area contributed by atoms with Crippen molar-refractivity contribution in [3.8, 4) is 0 Å². The maximum atomic E-state index is 13.2. The minimum atomic E-state index is -0.708. The fourth-order valence-corrected chi connectivity index (χ4v) is 5.38. The average Bonchev–Trinajstić information content (AvgIpc) is 3.88. The zero-order chi connectivity index (χ0) is 31.2. The fraction of sp³-hybridized carbons (Fsp3) is 0.406. The number of hydrogen-bond donors (Lipinski definition) is 3. The van der Waals surface area contributed by atoms with Gasteiger partial charge in [0.25, 0.3) is 17.7 Å². The third-order valence-corrected chi connectivity index (χ3v) is 8.14. The number of benzene rings is 2. The molecule has 3 fully saturated rings. The van der Waals surface area contributed by atoms with Crippen molar-refractivity contribution in [3.05, 3.63) is 76.9 Å². The first-order chi connectivity index (χ1) is 21.2. The van der Waals surface area contributed by atoms with E-state index in [1.54, 1.807) is 24.4 Å². The van der Waals surface area contributed by atoms with E-state index in [1.165, 1.54) is 18.6 Å². The number of nitrogens with zero attached hydrogens (tertiary/aromatic N) is 5. The van der Waals surface area contributed by atoms with Crippen LogP contribution in [0.3, 0.4) is 0 Å². The number of carbonyl (C=O) groups is 3. The molecule has 2 aromatic carbocycles. The number of carbonyl (C=O) groups excluding carboxylic acids is 3. The van der Waals surface area contributed by atoms with Gasteiger partial charge in [-0.15, -0.1) is 0 Å². The van der Waals surface area contributed by atoms with Crippen LogP contribution in [0.25, 0.3) is 0 Å². The molecule has 0 unspecified atom stereocenters. The number of likely N-dealkylation sites (N-methyl/N-ethyl adjacent to an activating group) is 1. The van der Waals surface area contributed by atoms with Crippen LogP contribution in [0.15, 0.2) is 48.7 Å². The molecule has 232 valence electrons. The average molecular weight is 603 g/mol. The lowest BCUT2D eigenvalue weighted by molar-refractivity contribution is 0.0664. The smallest absolute Gasteiger partial charge is 0.271 e. The highest BCUT2D eigenvalue weighted by Crippen LogP contribution is 2.40. The molecule has 0 atom stereocenters. The van der Waals surface area contributed by atoms with Crippen molar-refractivity contribution in [2.24, 2.45) is 11.5 Å². The predicted octanol–water partition coefficient (Wildman–Crippen LogP) is 3.50. The second kappa shape index (κ2) is 13.8. The van der Waals surface area contributed by atoms with E-state index in [0.29, 0.717) is 36.1 Å². The number of nitrogens with one attached hydrogen (secondary N) is 1. The zero-order valence-corrected chi connectivity index (χ0v) is 25.0. The first-order valence-corrected chi connectivity index (χ1v) is 15.1. The number of amides is 3. The molecule has 3 heterocycles. The largest absolute Gasteiger partial charge is 0.366 e. The molecular weight excluding hydrogens is 563 g/mol. The number of piperazine rings is 1. The summed E-state index contributed by atoms with van der Waals surface area (Å²) in [7, 11) is 2.06. The normalized spacial score (nSPS) is 17.0. The van der Waals surface area contributed by atoms with Crippen molar-refractivity contribution in [1.29, 1.82) is 0 Å². The molecule has 0 spiro atoms. The van der Waals surface area contributed by atoms with Crippen LogP contribution in [0.2, 0.25) is 0 Å². The van der Waals surface area contributed by atoms with Crippen molar-refractivity contribution in [2.75, 3.05) is 56.5 Å². The summed E-state index contributed by atoms with van der Waals surface area (Å²) in [6, 6.07) is 11.9. The van der Waals surface area contributed by atoms with E-state index in [-0.39, 0.29) is 17.2 Å². The SMILES string of the molecule is CN1CCN(C(=O)c2cccc(Nc3nc(N4CCCCC4)cnc3C(N)=O)c2)CC1.NC(=O)c1ccc(C2CC2)cc1F.